The predicted octanol–water partition coefficient (Wildman–Crippen LogP) is 3.94. The number of aromatic carboxylic acids is 1. The summed E-state index contributed by atoms with van der Waals surface area (Å²) < 4.78 is 13.4. The molecule has 8 heteroatoms. The van der Waals surface area contributed by atoms with E-state index in [1.807, 2.05) is 0 Å². The average Bonchev–Trinajstić information content (AvgIpc) is 2.41. The minimum Gasteiger partial charge on any atom is -0.478 e. The predicted molar refractivity (Wildman–Crippen MR) is 77.4 cm³/mol. The number of anilines is 2. The number of nitrogens with zero attached hydrogens (tertiary/aromatic N) is 1. The molecule has 0 atom stereocenters. The third-order valence-electron chi connectivity index (χ3n) is 2.64. The van der Waals surface area contributed by atoms with Crippen LogP contribution in [0.2, 0.25) is 0 Å². The second-order valence-corrected chi connectivity index (χ2v) is 4.90. The van der Waals surface area contributed by atoms with Gasteiger partial charge in [0.15, 0.2) is 0 Å². The summed E-state index contributed by atoms with van der Waals surface area (Å²) in [5.41, 5.74) is 0.0564. The molecular formula is C13H8BrFN2O4. The number of nitrogens with one attached hydrogen (secondary N) is 1. The van der Waals surface area contributed by atoms with Gasteiger partial charge >= 0.3 is 5.97 Å². The van der Waals surface area contributed by atoms with Crippen molar-refractivity contribution in [2.24, 2.45) is 0 Å². The normalized spacial score (nSPS) is 10.2. The van der Waals surface area contributed by atoms with E-state index in [2.05, 4.69) is 21.2 Å². The van der Waals surface area contributed by atoms with E-state index in [9.17, 15) is 19.3 Å². The van der Waals surface area contributed by atoms with Crippen LogP contribution < -0.4 is 5.32 Å². The molecule has 0 aliphatic carbocycles. The topological polar surface area (TPSA) is 92.5 Å². The van der Waals surface area contributed by atoms with Crippen molar-refractivity contribution in [2.45, 2.75) is 0 Å². The maximum absolute atomic E-state index is 13.0. The van der Waals surface area contributed by atoms with Crippen LogP contribution in [0, 0.1) is 15.9 Å². The summed E-state index contributed by atoms with van der Waals surface area (Å²) in [5, 5.41) is 22.6. The van der Waals surface area contributed by atoms with Gasteiger partial charge in [0.1, 0.15) is 5.82 Å². The fourth-order valence-electron chi connectivity index (χ4n) is 1.67. The number of benzene rings is 2. The van der Waals surface area contributed by atoms with Crippen molar-refractivity contribution >= 4 is 39.0 Å². The zero-order chi connectivity index (χ0) is 15.6. The second-order valence-electron chi connectivity index (χ2n) is 4.04. The average molecular weight is 355 g/mol. The van der Waals surface area contributed by atoms with Crippen LogP contribution in [0.1, 0.15) is 10.4 Å². The Morgan fingerprint density at radius 1 is 1.24 bits per heavy atom. The molecule has 21 heavy (non-hydrogen) atoms. The summed E-state index contributed by atoms with van der Waals surface area (Å²) in [6.07, 6.45) is 0. The molecule has 2 aromatic carbocycles. The Morgan fingerprint density at radius 3 is 2.52 bits per heavy atom. The van der Waals surface area contributed by atoms with E-state index in [0.717, 1.165) is 18.2 Å². The van der Waals surface area contributed by atoms with E-state index >= 15 is 0 Å². The van der Waals surface area contributed by atoms with E-state index in [1.54, 1.807) is 0 Å². The molecule has 0 saturated carbocycles. The van der Waals surface area contributed by atoms with Gasteiger partial charge in [-0.3, -0.25) is 10.1 Å². The molecule has 6 nitrogen and oxygen atoms in total. The fourth-order valence-corrected chi connectivity index (χ4v) is 2.12. The Kier molecular flexibility index (Phi) is 4.18. The first kappa shape index (κ1) is 14.9. The van der Waals surface area contributed by atoms with Crippen LogP contribution in [0.15, 0.2) is 40.9 Å². The Balaban J connectivity index is 2.48. The van der Waals surface area contributed by atoms with Gasteiger partial charge in [0.2, 0.25) is 0 Å². The van der Waals surface area contributed by atoms with Gasteiger partial charge in [0.05, 0.1) is 21.9 Å². The highest BCUT2D eigenvalue weighted by Crippen LogP contribution is 2.30. The first-order chi connectivity index (χ1) is 9.88. The molecule has 2 aromatic rings. The van der Waals surface area contributed by atoms with Gasteiger partial charge in [0, 0.05) is 16.6 Å². The van der Waals surface area contributed by atoms with Gasteiger partial charge in [-0.15, -0.1) is 0 Å². The third-order valence-corrected chi connectivity index (χ3v) is 3.30. The highest BCUT2D eigenvalue weighted by Gasteiger charge is 2.16. The van der Waals surface area contributed by atoms with E-state index in [0.29, 0.717) is 10.2 Å². The van der Waals surface area contributed by atoms with E-state index in [4.69, 9.17) is 5.11 Å². The molecular weight excluding hydrogens is 347 g/mol. The maximum Gasteiger partial charge on any atom is 0.337 e. The van der Waals surface area contributed by atoms with Crippen molar-refractivity contribution in [1.29, 1.82) is 0 Å². The zero-order valence-electron chi connectivity index (χ0n) is 10.3. The molecule has 2 N–H and O–H groups in total. The van der Waals surface area contributed by atoms with Crippen LogP contribution in [0.3, 0.4) is 0 Å². The molecule has 0 fully saturated rings. The second kappa shape index (κ2) is 5.88. The van der Waals surface area contributed by atoms with Gasteiger partial charge in [-0.1, -0.05) is 0 Å². The van der Waals surface area contributed by atoms with Crippen molar-refractivity contribution in [3.05, 3.63) is 62.4 Å². The van der Waals surface area contributed by atoms with Crippen LogP contribution in [0.25, 0.3) is 0 Å². The first-order valence-corrected chi connectivity index (χ1v) is 6.41. The van der Waals surface area contributed by atoms with Crippen LogP contribution in [0.4, 0.5) is 21.5 Å². The van der Waals surface area contributed by atoms with Gasteiger partial charge in [-0.25, -0.2) is 9.18 Å². The Morgan fingerprint density at radius 2 is 1.95 bits per heavy atom. The van der Waals surface area contributed by atoms with E-state index in [1.165, 1.54) is 18.2 Å². The van der Waals surface area contributed by atoms with E-state index < -0.39 is 16.7 Å². The monoisotopic (exact) mass is 354 g/mol. The lowest BCUT2D eigenvalue weighted by atomic mass is 10.1. The minimum atomic E-state index is -1.23. The van der Waals surface area contributed by atoms with Gasteiger partial charge in [-0.2, -0.15) is 0 Å². The third kappa shape index (κ3) is 3.34. The lowest BCUT2D eigenvalue weighted by Gasteiger charge is -2.11. The van der Waals surface area contributed by atoms with Crippen molar-refractivity contribution in [3.63, 3.8) is 0 Å². The molecule has 0 saturated heterocycles. The number of halogens is 2. The number of non-ortho nitro benzene ring substituents is 1. The number of hydrogen-bond donors (Lipinski definition) is 2. The summed E-state index contributed by atoms with van der Waals surface area (Å²) in [6, 6.07) is 7.13. The summed E-state index contributed by atoms with van der Waals surface area (Å²) >= 11 is 3.13. The lowest BCUT2D eigenvalue weighted by molar-refractivity contribution is -0.384. The number of carboxylic acids is 1. The number of nitro benzene ring substituents is 1. The number of carboxylic acid groups (broad SMARTS) is 1. The zero-order valence-corrected chi connectivity index (χ0v) is 11.9. The summed E-state index contributed by atoms with van der Waals surface area (Å²) in [6.45, 7) is 0. The quantitative estimate of drug-likeness (QED) is 0.640. The molecule has 108 valence electrons. The SMILES string of the molecule is O=C(O)c1ccc([N+](=O)[O-])cc1Nc1ccc(F)cc1Br. The molecule has 0 aliphatic heterocycles. The largest absolute Gasteiger partial charge is 0.478 e. The van der Waals surface area contributed by atoms with Crippen molar-refractivity contribution in [3.8, 4) is 0 Å². The van der Waals surface area contributed by atoms with Gasteiger partial charge in [-0.05, 0) is 40.2 Å². The maximum atomic E-state index is 13.0. The van der Waals surface area contributed by atoms with Crippen molar-refractivity contribution in [1.82, 2.24) is 0 Å². The summed E-state index contributed by atoms with van der Waals surface area (Å²) in [5.74, 6) is -1.70. The molecule has 0 bridgehead atoms. The molecule has 0 aliphatic rings. The van der Waals surface area contributed by atoms with Gasteiger partial charge in [0.25, 0.3) is 5.69 Å². The standard InChI is InChI=1S/C13H8BrFN2O4/c14-10-5-7(15)1-4-11(10)16-12-6-8(17(20)21)2-3-9(12)13(18)19/h1-6,16H,(H,18,19). The number of hydrogen-bond acceptors (Lipinski definition) is 4. The summed E-state index contributed by atoms with van der Waals surface area (Å²) in [4.78, 5) is 21.3. The highest BCUT2D eigenvalue weighted by atomic mass is 79.9. The molecule has 0 radical (unpaired) electrons. The smallest absolute Gasteiger partial charge is 0.337 e. The number of carbonyl (C=O) groups is 1. The Hall–Kier alpha value is -2.48. The van der Waals surface area contributed by atoms with Crippen LogP contribution in [-0.2, 0) is 0 Å². The van der Waals surface area contributed by atoms with Crippen molar-refractivity contribution in [2.75, 3.05) is 5.32 Å². The fraction of sp³-hybridized carbons (Fsp3) is 0. The number of rotatable bonds is 4. The Bertz CT molecular complexity index is 736. The molecule has 2 rings (SSSR count). The van der Waals surface area contributed by atoms with Crippen LogP contribution in [-0.4, -0.2) is 16.0 Å². The molecule has 0 aromatic heterocycles. The molecule has 0 unspecified atom stereocenters. The lowest BCUT2D eigenvalue weighted by Crippen LogP contribution is -2.04. The molecule has 0 amide bonds. The molecule has 0 spiro atoms. The van der Waals surface area contributed by atoms with E-state index in [-0.39, 0.29) is 16.9 Å². The number of nitro groups is 1. The van der Waals surface area contributed by atoms with Crippen LogP contribution in [0.5, 0.6) is 0 Å². The Labute approximate surface area is 126 Å². The summed E-state index contributed by atoms with van der Waals surface area (Å²) in [7, 11) is 0. The van der Waals surface area contributed by atoms with Crippen LogP contribution >= 0.6 is 15.9 Å². The minimum absolute atomic E-state index is 0.0454. The first-order valence-electron chi connectivity index (χ1n) is 5.62. The molecule has 0 heterocycles. The van der Waals surface area contributed by atoms with Crippen molar-refractivity contribution < 1.29 is 19.2 Å². The highest BCUT2D eigenvalue weighted by molar-refractivity contribution is 9.10. The van der Waals surface area contributed by atoms with Gasteiger partial charge < -0.3 is 10.4 Å².